The van der Waals surface area contributed by atoms with Crippen molar-refractivity contribution in [2.24, 2.45) is 5.41 Å². The Morgan fingerprint density at radius 2 is 1.39 bits per heavy atom. The second-order valence-electron chi connectivity index (χ2n) is 7.32. The van der Waals surface area contributed by atoms with Gasteiger partial charge in [0.2, 0.25) is 0 Å². The summed E-state index contributed by atoms with van der Waals surface area (Å²) in [5.41, 5.74) is 0.779. The summed E-state index contributed by atoms with van der Waals surface area (Å²) in [7, 11) is 0. The molecule has 0 aromatic heterocycles. The second kappa shape index (κ2) is 12.1. The lowest BCUT2D eigenvalue weighted by Gasteiger charge is -2.17. The molecule has 4 heteroatoms. The highest BCUT2D eigenvalue weighted by atomic mass is 16.6. The van der Waals surface area contributed by atoms with Crippen LogP contribution >= 0.6 is 0 Å². The van der Waals surface area contributed by atoms with Crippen LogP contribution in [0.3, 0.4) is 0 Å². The smallest absolute Gasteiger partial charge is 0.333 e. The molecule has 0 N–H and O–H groups in total. The zero-order valence-corrected chi connectivity index (χ0v) is 15.4. The lowest BCUT2D eigenvalue weighted by molar-refractivity contribution is -0.150. The van der Waals surface area contributed by atoms with Crippen LogP contribution in [0, 0.1) is 5.41 Å². The normalized spacial score (nSPS) is 11.1. The van der Waals surface area contributed by atoms with Crippen LogP contribution in [0.25, 0.3) is 0 Å². The van der Waals surface area contributed by atoms with Gasteiger partial charge in [-0.1, -0.05) is 59.5 Å². The van der Waals surface area contributed by atoms with Crippen LogP contribution in [0.5, 0.6) is 0 Å². The molecule has 0 bridgehead atoms. The third-order valence-electron chi connectivity index (χ3n) is 3.49. The number of hydrogen-bond donors (Lipinski definition) is 0. The van der Waals surface area contributed by atoms with Gasteiger partial charge in [0.05, 0.1) is 0 Å². The summed E-state index contributed by atoms with van der Waals surface area (Å²) in [6.45, 7) is 12.1. The minimum absolute atomic E-state index is 0.0885. The van der Waals surface area contributed by atoms with Crippen molar-refractivity contribution in [2.45, 2.75) is 79.1 Å². The SMILES string of the molecule is C=C(C)C(=O)OCCOC(=O)CCCCCCCCC(C)(C)C. The number of esters is 2. The third kappa shape index (κ3) is 15.4. The van der Waals surface area contributed by atoms with Gasteiger partial charge in [-0.2, -0.15) is 0 Å². The molecule has 0 aliphatic rings. The summed E-state index contributed by atoms with van der Waals surface area (Å²) in [6.07, 6.45) is 8.62. The Kier molecular flexibility index (Phi) is 11.4. The average Bonchev–Trinajstić information content (AvgIpc) is 2.44. The monoisotopic (exact) mass is 326 g/mol. The highest BCUT2D eigenvalue weighted by molar-refractivity contribution is 5.86. The standard InChI is InChI=1S/C19H34O4/c1-16(2)18(21)23-15-14-22-17(20)12-10-8-6-7-9-11-13-19(3,4)5/h1,6-15H2,2-5H3. The molecular weight excluding hydrogens is 292 g/mol. The van der Waals surface area contributed by atoms with Gasteiger partial charge < -0.3 is 9.47 Å². The number of unbranched alkanes of at least 4 members (excludes halogenated alkanes) is 5. The van der Waals surface area contributed by atoms with Crippen molar-refractivity contribution in [1.82, 2.24) is 0 Å². The molecule has 0 rings (SSSR count). The first-order chi connectivity index (χ1) is 10.7. The van der Waals surface area contributed by atoms with E-state index in [1.807, 2.05) is 0 Å². The summed E-state index contributed by atoms with van der Waals surface area (Å²) in [6, 6.07) is 0. The molecular formula is C19H34O4. The van der Waals surface area contributed by atoms with Gasteiger partial charge in [0.15, 0.2) is 0 Å². The molecule has 23 heavy (non-hydrogen) atoms. The van der Waals surface area contributed by atoms with Crippen molar-refractivity contribution in [3.8, 4) is 0 Å². The minimum Gasteiger partial charge on any atom is -0.462 e. The molecule has 0 aliphatic heterocycles. The van der Waals surface area contributed by atoms with E-state index in [2.05, 4.69) is 27.4 Å². The van der Waals surface area contributed by atoms with E-state index in [9.17, 15) is 9.59 Å². The van der Waals surface area contributed by atoms with Gasteiger partial charge in [0.1, 0.15) is 13.2 Å². The predicted octanol–water partition coefficient (Wildman–Crippen LogP) is 4.82. The van der Waals surface area contributed by atoms with Crippen LogP contribution in [0.4, 0.5) is 0 Å². The number of carbonyl (C=O) groups excluding carboxylic acids is 2. The molecule has 0 fully saturated rings. The van der Waals surface area contributed by atoms with E-state index < -0.39 is 5.97 Å². The third-order valence-corrected chi connectivity index (χ3v) is 3.49. The fourth-order valence-corrected chi connectivity index (χ4v) is 2.12. The number of carbonyl (C=O) groups is 2. The van der Waals surface area contributed by atoms with E-state index in [1.54, 1.807) is 6.92 Å². The lowest BCUT2D eigenvalue weighted by Crippen LogP contribution is -2.14. The summed E-state index contributed by atoms with van der Waals surface area (Å²) in [5.74, 6) is -0.670. The van der Waals surface area contributed by atoms with Crippen molar-refractivity contribution >= 4 is 11.9 Å². The molecule has 0 aliphatic carbocycles. The first-order valence-corrected chi connectivity index (χ1v) is 8.70. The van der Waals surface area contributed by atoms with Crippen molar-refractivity contribution in [1.29, 1.82) is 0 Å². The van der Waals surface area contributed by atoms with Crippen LogP contribution in [-0.2, 0) is 19.1 Å². The van der Waals surface area contributed by atoms with Crippen LogP contribution in [-0.4, -0.2) is 25.2 Å². The molecule has 0 aromatic carbocycles. The summed E-state index contributed by atoms with van der Waals surface area (Å²) in [5, 5.41) is 0. The highest BCUT2D eigenvalue weighted by Gasteiger charge is 2.09. The van der Waals surface area contributed by atoms with E-state index in [-0.39, 0.29) is 19.2 Å². The average molecular weight is 326 g/mol. The van der Waals surface area contributed by atoms with Gasteiger partial charge in [0.25, 0.3) is 0 Å². The second-order valence-corrected chi connectivity index (χ2v) is 7.32. The Labute approximate surface area is 141 Å². The molecule has 0 unspecified atom stereocenters. The number of ether oxygens (including phenoxy) is 2. The molecule has 0 spiro atoms. The first kappa shape index (κ1) is 21.7. The Morgan fingerprint density at radius 3 is 1.96 bits per heavy atom. The number of hydrogen-bond acceptors (Lipinski definition) is 4. The Hall–Kier alpha value is -1.32. The Bertz CT molecular complexity index is 366. The van der Waals surface area contributed by atoms with Gasteiger partial charge in [-0.15, -0.1) is 0 Å². The minimum atomic E-state index is -0.451. The van der Waals surface area contributed by atoms with Gasteiger partial charge in [-0.3, -0.25) is 4.79 Å². The van der Waals surface area contributed by atoms with Crippen molar-refractivity contribution in [2.75, 3.05) is 13.2 Å². The van der Waals surface area contributed by atoms with E-state index >= 15 is 0 Å². The molecule has 0 radical (unpaired) electrons. The molecule has 134 valence electrons. The lowest BCUT2D eigenvalue weighted by atomic mass is 9.89. The molecule has 0 saturated heterocycles. The van der Waals surface area contributed by atoms with Crippen LogP contribution in [0.1, 0.15) is 79.1 Å². The van der Waals surface area contributed by atoms with Gasteiger partial charge >= 0.3 is 11.9 Å². The fraction of sp³-hybridized carbons (Fsp3) is 0.789. The van der Waals surface area contributed by atoms with Crippen molar-refractivity contribution in [3.05, 3.63) is 12.2 Å². The van der Waals surface area contributed by atoms with E-state index in [4.69, 9.17) is 9.47 Å². The van der Waals surface area contributed by atoms with Crippen LogP contribution < -0.4 is 0 Å². The molecule has 0 saturated carbocycles. The van der Waals surface area contributed by atoms with Gasteiger partial charge in [0, 0.05) is 12.0 Å². The van der Waals surface area contributed by atoms with E-state index in [0.29, 0.717) is 17.4 Å². The zero-order chi connectivity index (χ0) is 17.7. The quantitative estimate of drug-likeness (QED) is 0.293. The maximum absolute atomic E-state index is 11.5. The van der Waals surface area contributed by atoms with Crippen molar-refractivity contribution < 1.29 is 19.1 Å². The maximum Gasteiger partial charge on any atom is 0.333 e. The van der Waals surface area contributed by atoms with E-state index in [0.717, 1.165) is 12.8 Å². The summed E-state index contributed by atoms with van der Waals surface area (Å²) < 4.78 is 9.85. The molecule has 0 heterocycles. The predicted molar refractivity (Wildman–Crippen MR) is 93.1 cm³/mol. The molecule has 4 nitrogen and oxygen atoms in total. The molecule has 0 amide bonds. The fourth-order valence-electron chi connectivity index (χ4n) is 2.12. The van der Waals surface area contributed by atoms with Crippen molar-refractivity contribution in [3.63, 3.8) is 0 Å². The summed E-state index contributed by atoms with van der Waals surface area (Å²) in [4.78, 5) is 22.6. The Morgan fingerprint density at radius 1 is 0.870 bits per heavy atom. The maximum atomic E-state index is 11.5. The van der Waals surface area contributed by atoms with Crippen LogP contribution in [0.15, 0.2) is 12.2 Å². The topological polar surface area (TPSA) is 52.6 Å². The molecule has 0 atom stereocenters. The largest absolute Gasteiger partial charge is 0.462 e. The van der Waals surface area contributed by atoms with Gasteiger partial charge in [-0.25, -0.2) is 4.79 Å². The molecule has 0 aromatic rings. The zero-order valence-electron chi connectivity index (χ0n) is 15.4. The highest BCUT2D eigenvalue weighted by Crippen LogP contribution is 2.22. The van der Waals surface area contributed by atoms with E-state index in [1.165, 1.54) is 32.1 Å². The number of rotatable bonds is 12. The first-order valence-electron chi connectivity index (χ1n) is 8.70. The Balaban J connectivity index is 3.37. The van der Waals surface area contributed by atoms with Gasteiger partial charge in [-0.05, 0) is 25.2 Å². The van der Waals surface area contributed by atoms with Crippen LogP contribution in [0.2, 0.25) is 0 Å². The summed E-state index contributed by atoms with van der Waals surface area (Å²) >= 11 is 0.